The molecule has 0 fully saturated rings. The van der Waals surface area contributed by atoms with E-state index in [4.69, 9.17) is 0 Å². The van der Waals surface area contributed by atoms with Crippen molar-refractivity contribution in [3.8, 4) is 0 Å². The zero-order valence-electron chi connectivity index (χ0n) is 12.0. The van der Waals surface area contributed by atoms with Crippen molar-refractivity contribution in [1.29, 1.82) is 0 Å². The first kappa shape index (κ1) is 13.5. The number of anilines is 1. The Morgan fingerprint density at radius 2 is 1.95 bits per heavy atom. The Kier molecular flexibility index (Phi) is 3.52. The molecule has 106 valence electrons. The number of hydrogen-bond donors (Lipinski definition) is 1. The summed E-state index contributed by atoms with van der Waals surface area (Å²) in [6, 6.07) is 11.2. The summed E-state index contributed by atoms with van der Waals surface area (Å²) in [7, 11) is 0. The minimum Gasteiger partial charge on any atom is -0.376 e. The molecule has 1 atom stereocenters. The zero-order chi connectivity index (χ0) is 14.8. The quantitative estimate of drug-likeness (QED) is 0.780. The van der Waals surface area contributed by atoms with Gasteiger partial charge in [-0.2, -0.15) is 0 Å². The molecule has 0 spiro atoms. The number of nitrogens with zero attached hydrogens (tertiary/aromatic N) is 2. The summed E-state index contributed by atoms with van der Waals surface area (Å²) < 4.78 is 12.9. The lowest BCUT2D eigenvalue weighted by Crippen LogP contribution is -2.09. The van der Waals surface area contributed by atoms with Crippen LogP contribution in [0.2, 0.25) is 0 Å². The molecule has 0 bridgehead atoms. The van der Waals surface area contributed by atoms with Gasteiger partial charge in [-0.1, -0.05) is 6.07 Å². The van der Waals surface area contributed by atoms with E-state index in [2.05, 4.69) is 15.3 Å². The van der Waals surface area contributed by atoms with Crippen molar-refractivity contribution in [1.82, 2.24) is 9.97 Å². The number of nitrogens with one attached hydrogen (secondary N) is 1. The highest BCUT2D eigenvalue weighted by Crippen LogP contribution is 2.27. The molecule has 1 unspecified atom stereocenters. The summed E-state index contributed by atoms with van der Waals surface area (Å²) in [6.07, 6.45) is 3.03. The average Bonchev–Trinajstić information content (AvgIpc) is 2.51. The minimum absolute atomic E-state index is 0.0169. The second-order valence-corrected chi connectivity index (χ2v) is 5.10. The number of benzene rings is 1. The summed E-state index contributed by atoms with van der Waals surface area (Å²) in [5.41, 5.74) is 3.93. The molecule has 0 amide bonds. The second kappa shape index (κ2) is 5.48. The first-order valence-electron chi connectivity index (χ1n) is 6.87. The molecule has 0 saturated heterocycles. The van der Waals surface area contributed by atoms with Gasteiger partial charge in [0.1, 0.15) is 5.82 Å². The Labute approximate surface area is 122 Å². The highest BCUT2D eigenvalue weighted by atomic mass is 19.1. The number of halogens is 1. The third kappa shape index (κ3) is 2.70. The fraction of sp³-hybridized carbons (Fsp3) is 0.176. The van der Waals surface area contributed by atoms with E-state index < -0.39 is 0 Å². The lowest BCUT2D eigenvalue weighted by atomic mass is 10.1. The molecule has 21 heavy (non-hydrogen) atoms. The minimum atomic E-state index is -0.323. The lowest BCUT2D eigenvalue weighted by molar-refractivity contribution is 0.617. The highest BCUT2D eigenvalue weighted by Gasteiger charge is 2.10. The van der Waals surface area contributed by atoms with Crippen LogP contribution in [0.15, 0.2) is 48.8 Å². The molecule has 3 aromatic rings. The van der Waals surface area contributed by atoms with Crippen molar-refractivity contribution in [2.45, 2.75) is 19.9 Å². The SMILES string of the molecule is Cc1ccc(NC(C)c2ccc(F)cn2)c2cccnc12. The number of rotatable bonds is 3. The Morgan fingerprint density at radius 3 is 2.71 bits per heavy atom. The molecule has 2 aromatic heterocycles. The predicted octanol–water partition coefficient (Wildman–Crippen LogP) is 4.25. The Hall–Kier alpha value is -2.49. The number of aryl methyl sites for hydroxylation is 1. The second-order valence-electron chi connectivity index (χ2n) is 5.10. The fourth-order valence-corrected chi connectivity index (χ4v) is 2.39. The van der Waals surface area contributed by atoms with E-state index in [1.54, 1.807) is 12.3 Å². The molecule has 3 rings (SSSR count). The van der Waals surface area contributed by atoms with Crippen molar-refractivity contribution in [2.24, 2.45) is 0 Å². The van der Waals surface area contributed by atoms with Crippen molar-refractivity contribution in [3.05, 3.63) is 65.9 Å². The van der Waals surface area contributed by atoms with Gasteiger partial charge >= 0.3 is 0 Å². The van der Waals surface area contributed by atoms with Crippen molar-refractivity contribution in [2.75, 3.05) is 5.32 Å². The van der Waals surface area contributed by atoms with Crippen LogP contribution in [0, 0.1) is 12.7 Å². The first-order chi connectivity index (χ1) is 10.1. The molecule has 2 heterocycles. The standard InChI is InChI=1S/C17H16FN3/c1-11-5-7-16(14-4-3-9-19-17(11)14)21-12(2)15-8-6-13(18)10-20-15/h3-10,12,21H,1-2H3. The molecule has 0 aliphatic rings. The van der Waals surface area contributed by atoms with Crippen LogP contribution in [0.3, 0.4) is 0 Å². The molecule has 0 aliphatic heterocycles. The molecule has 0 aliphatic carbocycles. The van der Waals surface area contributed by atoms with Crippen LogP contribution in [0.4, 0.5) is 10.1 Å². The van der Waals surface area contributed by atoms with Gasteiger partial charge in [0.2, 0.25) is 0 Å². The normalized spacial score (nSPS) is 12.3. The smallest absolute Gasteiger partial charge is 0.141 e. The van der Waals surface area contributed by atoms with Crippen LogP contribution >= 0.6 is 0 Å². The fourth-order valence-electron chi connectivity index (χ4n) is 2.39. The highest BCUT2D eigenvalue weighted by molar-refractivity contribution is 5.93. The number of pyridine rings is 2. The molecule has 4 heteroatoms. The summed E-state index contributed by atoms with van der Waals surface area (Å²) in [5.74, 6) is -0.323. The summed E-state index contributed by atoms with van der Waals surface area (Å²) in [6.45, 7) is 4.05. The summed E-state index contributed by atoms with van der Waals surface area (Å²) in [4.78, 5) is 8.55. The maximum atomic E-state index is 12.9. The van der Waals surface area contributed by atoms with Gasteiger partial charge in [0.25, 0.3) is 0 Å². The van der Waals surface area contributed by atoms with Gasteiger partial charge < -0.3 is 5.32 Å². The number of aromatic nitrogens is 2. The van der Waals surface area contributed by atoms with E-state index in [1.807, 2.05) is 38.1 Å². The maximum Gasteiger partial charge on any atom is 0.141 e. The number of fused-ring (bicyclic) bond motifs is 1. The van der Waals surface area contributed by atoms with E-state index in [1.165, 1.54) is 12.3 Å². The van der Waals surface area contributed by atoms with Gasteiger partial charge in [0.15, 0.2) is 0 Å². The Morgan fingerprint density at radius 1 is 1.10 bits per heavy atom. The van der Waals surface area contributed by atoms with Crippen LogP contribution in [0.25, 0.3) is 10.9 Å². The molecule has 1 aromatic carbocycles. The van der Waals surface area contributed by atoms with Gasteiger partial charge in [-0.25, -0.2) is 4.39 Å². The molecule has 1 N–H and O–H groups in total. The van der Waals surface area contributed by atoms with Crippen molar-refractivity contribution >= 4 is 16.6 Å². The van der Waals surface area contributed by atoms with E-state index >= 15 is 0 Å². The van der Waals surface area contributed by atoms with Crippen LogP contribution < -0.4 is 5.32 Å². The maximum absolute atomic E-state index is 12.9. The average molecular weight is 281 g/mol. The Bertz CT molecular complexity index is 769. The predicted molar refractivity (Wildman–Crippen MR) is 82.7 cm³/mol. The monoisotopic (exact) mass is 281 g/mol. The van der Waals surface area contributed by atoms with Gasteiger partial charge in [-0.15, -0.1) is 0 Å². The third-order valence-electron chi connectivity index (χ3n) is 3.54. The van der Waals surface area contributed by atoms with Gasteiger partial charge in [-0.3, -0.25) is 9.97 Å². The zero-order valence-corrected chi connectivity index (χ0v) is 12.0. The molecule has 0 radical (unpaired) electrons. The largest absolute Gasteiger partial charge is 0.376 e. The topological polar surface area (TPSA) is 37.8 Å². The van der Waals surface area contributed by atoms with Crippen LogP contribution in [0.5, 0.6) is 0 Å². The van der Waals surface area contributed by atoms with Crippen LogP contribution in [-0.4, -0.2) is 9.97 Å². The first-order valence-corrected chi connectivity index (χ1v) is 6.87. The molecule has 3 nitrogen and oxygen atoms in total. The number of hydrogen-bond acceptors (Lipinski definition) is 3. The molecular weight excluding hydrogens is 265 g/mol. The van der Waals surface area contributed by atoms with E-state index in [-0.39, 0.29) is 11.9 Å². The molecule has 0 saturated carbocycles. The van der Waals surface area contributed by atoms with Gasteiger partial charge in [-0.05, 0) is 49.7 Å². The van der Waals surface area contributed by atoms with E-state index in [0.29, 0.717) is 0 Å². The third-order valence-corrected chi connectivity index (χ3v) is 3.54. The van der Waals surface area contributed by atoms with Crippen LogP contribution in [-0.2, 0) is 0 Å². The van der Waals surface area contributed by atoms with Gasteiger partial charge in [0, 0.05) is 17.3 Å². The Balaban J connectivity index is 1.95. The van der Waals surface area contributed by atoms with E-state index in [9.17, 15) is 4.39 Å². The summed E-state index contributed by atoms with van der Waals surface area (Å²) in [5, 5.41) is 4.50. The molecular formula is C17H16FN3. The van der Waals surface area contributed by atoms with Gasteiger partial charge in [0.05, 0.1) is 23.4 Å². The van der Waals surface area contributed by atoms with Crippen LogP contribution in [0.1, 0.15) is 24.2 Å². The van der Waals surface area contributed by atoms with E-state index in [0.717, 1.165) is 27.8 Å². The van der Waals surface area contributed by atoms with Crippen molar-refractivity contribution in [3.63, 3.8) is 0 Å². The lowest BCUT2D eigenvalue weighted by Gasteiger charge is -2.17. The van der Waals surface area contributed by atoms with Crippen molar-refractivity contribution < 1.29 is 4.39 Å². The summed E-state index contributed by atoms with van der Waals surface area (Å²) >= 11 is 0.